The van der Waals surface area contributed by atoms with Gasteiger partial charge >= 0.3 is 5.97 Å². The van der Waals surface area contributed by atoms with E-state index < -0.39 is 0 Å². The van der Waals surface area contributed by atoms with E-state index in [4.69, 9.17) is 4.74 Å². The van der Waals surface area contributed by atoms with Gasteiger partial charge in [0.05, 0.1) is 16.6 Å². The van der Waals surface area contributed by atoms with E-state index in [-0.39, 0.29) is 30.2 Å². The highest BCUT2D eigenvalue weighted by atomic mass is 32.1. The maximum atomic E-state index is 13.2. The summed E-state index contributed by atoms with van der Waals surface area (Å²) in [7, 11) is 0. The van der Waals surface area contributed by atoms with Gasteiger partial charge in [-0.15, -0.1) is 11.3 Å². The van der Waals surface area contributed by atoms with E-state index in [1.807, 2.05) is 18.4 Å². The molecule has 1 fully saturated rings. The number of rotatable bonds is 5. The van der Waals surface area contributed by atoms with Gasteiger partial charge in [-0.05, 0) is 36.5 Å². The second-order valence-electron chi connectivity index (χ2n) is 5.20. The molecule has 0 saturated heterocycles. The first kappa shape index (κ1) is 14.2. The van der Waals surface area contributed by atoms with E-state index in [2.05, 4.69) is 4.98 Å². The summed E-state index contributed by atoms with van der Waals surface area (Å²) in [6.45, 7) is 2.27. The van der Waals surface area contributed by atoms with Crippen LogP contribution in [-0.2, 0) is 22.6 Å². The minimum atomic E-state index is -0.263. The van der Waals surface area contributed by atoms with Gasteiger partial charge in [0, 0.05) is 5.38 Å². The number of benzene rings is 1. The maximum absolute atomic E-state index is 13.2. The van der Waals surface area contributed by atoms with Crippen molar-refractivity contribution in [3.63, 3.8) is 0 Å². The molecule has 5 heteroatoms. The zero-order valence-electron chi connectivity index (χ0n) is 11.7. The Hall–Kier alpha value is -1.75. The number of hydrogen-bond acceptors (Lipinski definition) is 4. The van der Waals surface area contributed by atoms with Crippen molar-refractivity contribution in [2.45, 2.75) is 32.3 Å². The molecule has 0 bridgehead atoms. The van der Waals surface area contributed by atoms with Crippen molar-refractivity contribution in [1.82, 2.24) is 4.98 Å². The molecule has 3 rings (SSSR count). The summed E-state index contributed by atoms with van der Waals surface area (Å²) in [5.41, 5.74) is 1.67. The molecule has 0 spiro atoms. The molecular formula is C16H16FNO2S. The van der Waals surface area contributed by atoms with Gasteiger partial charge in [-0.25, -0.2) is 9.37 Å². The van der Waals surface area contributed by atoms with Crippen molar-refractivity contribution in [2.24, 2.45) is 5.92 Å². The lowest BCUT2D eigenvalue weighted by Crippen LogP contribution is -2.08. The summed E-state index contributed by atoms with van der Waals surface area (Å²) in [5, 5.41) is 2.97. The van der Waals surface area contributed by atoms with Crippen LogP contribution in [-0.4, -0.2) is 11.0 Å². The fraction of sp³-hybridized carbons (Fsp3) is 0.375. The van der Waals surface area contributed by atoms with Crippen molar-refractivity contribution in [2.75, 3.05) is 0 Å². The van der Waals surface area contributed by atoms with Gasteiger partial charge in [0.15, 0.2) is 0 Å². The number of ether oxygens (including phenoxy) is 1. The number of aromatic nitrogens is 1. The Bertz CT molecular complexity index is 655. The molecule has 2 aromatic rings. The predicted octanol–water partition coefficient (Wildman–Crippen LogP) is 3.69. The number of nitrogens with zero attached hydrogens (tertiary/aromatic N) is 1. The molecule has 0 radical (unpaired) electrons. The van der Waals surface area contributed by atoms with Crippen LogP contribution in [0, 0.1) is 11.7 Å². The molecule has 0 amide bonds. The van der Waals surface area contributed by atoms with E-state index in [1.54, 1.807) is 17.4 Å². The van der Waals surface area contributed by atoms with Crippen molar-refractivity contribution < 1.29 is 13.9 Å². The Balaban J connectivity index is 1.53. The predicted molar refractivity (Wildman–Crippen MR) is 78.5 cm³/mol. The van der Waals surface area contributed by atoms with Gasteiger partial charge in [-0.1, -0.05) is 19.1 Å². The molecule has 0 N–H and O–H groups in total. The summed E-state index contributed by atoms with van der Waals surface area (Å²) in [6.07, 6.45) is 1.63. The minimum Gasteiger partial charge on any atom is -0.459 e. The van der Waals surface area contributed by atoms with E-state index in [0.29, 0.717) is 0 Å². The monoisotopic (exact) mass is 305 g/mol. The number of aryl methyl sites for hydroxylation is 1. The third-order valence-corrected chi connectivity index (χ3v) is 4.68. The zero-order chi connectivity index (χ0) is 14.8. The van der Waals surface area contributed by atoms with E-state index in [0.717, 1.165) is 29.1 Å². The van der Waals surface area contributed by atoms with Crippen molar-refractivity contribution in [1.29, 1.82) is 0 Å². The van der Waals surface area contributed by atoms with Gasteiger partial charge in [0.1, 0.15) is 12.4 Å². The summed E-state index contributed by atoms with van der Waals surface area (Å²) < 4.78 is 18.5. The topological polar surface area (TPSA) is 39.2 Å². The summed E-state index contributed by atoms with van der Waals surface area (Å²) in [4.78, 5) is 16.3. The number of thiazole rings is 1. The van der Waals surface area contributed by atoms with E-state index in [1.165, 1.54) is 12.1 Å². The first-order chi connectivity index (χ1) is 10.2. The fourth-order valence-electron chi connectivity index (χ4n) is 2.39. The van der Waals surface area contributed by atoms with Gasteiger partial charge in [-0.2, -0.15) is 0 Å². The van der Waals surface area contributed by atoms with Gasteiger partial charge < -0.3 is 4.74 Å². The highest BCUT2D eigenvalue weighted by molar-refractivity contribution is 7.09. The Morgan fingerprint density at radius 3 is 3.10 bits per heavy atom. The first-order valence-electron chi connectivity index (χ1n) is 7.02. The van der Waals surface area contributed by atoms with E-state index >= 15 is 0 Å². The fourth-order valence-corrected chi connectivity index (χ4v) is 3.12. The third kappa shape index (κ3) is 3.29. The summed E-state index contributed by atoms with van der Waals surface area (Å²) in [5.74, 6) is -0.526. The van der Waals surface area contributed by atoms with Crippen LogP contribution in [0.2, 0.25) is 0 Å². The molecule has 1 aromatic heterocycles. The molecule has 1 aromatic carbocycles. The normalized spacial score (nSPS) is 20.3. The molecule has 2 atom stereocenters. The largest absolute Gasteiger partial charge is 0.459 e. The molecule has 1 heterocycles. The average Bonchev–Trinajstić information content (AvgIpc) is 3.16. The van der Waals surface area contributed by atoms with Crippen molar-refractivity contribution in [3.8, 4) is 0 Å². The Kier molecular flexibility index (Phi) is 4.01. The van der Waals surface area contributed by atoms with Crippen LogP contribution in [0.1, 0.15) is 35.5 Å². The number of carbonyl (C=O) groups is 1. The van der Waals surface area contributed by atoms with Crippen molar-refractivity contribution in [3.05, 3.63) is 51.7 Å². The van der Waals surface area contributed by atoms with Crippen LogP contribution in [0.15, 0.2) is 29.6 Å². The van der Waals surface area contributed by atoms with Crippen LogP contribution in [0.3, 0.4) is 0 Å². The smallest absolute Gasteiger partial charge is 0.309 e. The second-order valence-corrected chi connectivity index (χ2v) is 6.14. The van der Waals surface area contributed by atoms with Gasteiger partial charge in [0.25, 0.3) is 0 Å². The quantitative estimate of drug-likeness (QED) is 0.791. The second kappa shape index (κ2) is 5.93. The molecule has 2 unspecified atom stereocenters. The molecule has 21 heavy (non-hydrogen) atoms. The van der Waals surface area contributed by atoms with Crippen LogP contribution in [0.4, 0.5) is 4.39 Å². The lowest BCUT2D eigenvalue weighted by Gasteiger charge is -2.03. The average molecular weight is 305 g/mol. The van der Waals surface area contributed by atoms with Crippen LogP contribution in [0.5, 0.6) is 0 Å². The van der Waals surface area contributed by atoms with Gasteiger partial charge in [0.2, 0.25) is 0 Å². The molecule has 1 aliphatic rings. The number of carbonyl (C=O) groups excluding carboxylic acids is 1. The number of esters is 1. The third-order valence-electron chi connectivity index (χ3n) is 3.63. The Labute approximate surface area is 126 Å². The zero-order valence-corrected chi connectivity index (χ0v) is 12.5. The molecule has 1 aliphatic carbocycles. The lowest BCUT2D eigenvalue weighted by molar-refractivity contribution is -0.146. The minimum absolute atomic E-state index is 0.0924. The summed E-state index contributed by atoms with van der Waals surface area (Å²) >= 11 is 1.58. The van der Waals surface area contributed by atoms with Crippen LogP contribution in [0.25, 0.3) is 0 Å². The Morgan fingerprint density at radius 2 is 2.38 bits per heavy atom. The van der Waals surface area contributed by atoms with Crippen molar-refractivity contribution >= 4 is 17.3 Å². The molecular weight excluding hydrogens is 289 g/mol. The number of hydrogen-bond donors (Lipinski definition) is 0. The highest BCUT2D eigenvalue weighted by Crippen LogP contribution is 2.48. The highest BCUT2D eigenvalue weighted by Gasteiger charge is 2.45. The molecule has 110 valence electrons. The van der Waals surface area contributed by atoms with Gasteiger partial charge in [-0.3, -0.25) is 4.79 Å². The standard InChI is InChI=1S/C16H16FNO2S/c1-2-15-18-12(9-21-15)8-20-16(19)14-7-13(14)10-4-3-5-11(17)6-10/h3-6,9,13-14H,2,7-8H2,1H3. The SMILES string of the molecule is CCc1nc(COC(=O)C2CC2c2cccc(F)c2)cs1. The van der Waals surface area contributed by atoms with Crippen LogP contribution >= 0.6 is 11.3 Å². The van der Waals surface area contributed by atoms with Crippen LogP contribution < -0.4 is 0 Å². The summed E-state index contributed by atoms with van der Waals surface area (Å²) in [6, 6.07) is 6.43. The number of halogens is 1. The first-order valence-corrected chi connectivity index (χ1v) is 7.90. The molecule has 3 nitrogen and oxygen atoms in total. The maximum Gasteiger partial charge on any atom is 0.309 e. The molecule has 1 saturated carbocycles. The van der Waals surface area contributed by atoms with E-state index in [9.17, 15) is 9.18 Å². The molecule has 0 aliphatic heterocycles. The lowest BCUT2D eigenvalue weighted by atomic mass is 10.1. The Morgan fingerprint density at radius 1 is 1.52 bits per heavy atom.